The molecule has 0 N–H and O–H groups in total. The molecule has 1 rings (SSSR count). The van der Waals surface area contributed by atoms with Crippen LogP contribution in [0.3, 0.4) is 0 Å². The lowest BCUT2D eigenvalue weighted by Crippen LogP contribution is -2.04. The van der Waals surface area contributed by atoms with Crippen LogP contribution in [0.25, 0.3) is 0 Å². The van der Waals surface area contributed by atoms with Gasteiger partial charge in [-0.15, -0.1) is 0 Å². The van der Waals surface area contributed by atoms with E-state index in [4.69, 9.17) is 0 Å². The van der Waals surface area contributed by atoms with Gasteiger partial charge in [-0.3, -0.25) is 10.1 Å². The summed E-state index contributed by atoms with van der Waals surface area (Å²) in [4.78, 5) is 12.5. The first-order valence-corrected chi connectivity index (χ1v) is 4.77. The minimum atomic E-state index is -2.96. The fourth-order valence-corrected chi connectivity index (χ4v) is 1.51. The van der Waals surface area contributed by atoms with E-state index in [1.807, 2.05) is 0 Å². The highest BCUT2D eigenvalue weighted by molar-refractivity contribution is 9.08. The van der Waals surface area contributed by atoms with Crippen molar-refractivity contribution < 1.29 is 18.1 Å². The van der Waals surface area contributed by atoms with Crippen LogP contribution in [-0.2, 0) is 5.33 Å². The summed E-state index contributed by atoms with van der Waals surface area (Å²) >= 11 is 2.77. The maximum Gasteiger partial charge on any atom is 0.323 e. The Hall–Kier alpha value is -1.18. The maximum absolute atomic E-state index is 13.3. The summed E-state index contributed by atoms with van der Waals surface area (Å²) in [7, 11) is 0. The highest BCUT2D eigenvalue weighted by Gasteiger charge is 2.25. The van der Waals surface area contributed by atoms with E-state index in [-0.39, 0.29) is 5.33 Å². The second-order valence-corrected chi connectivity index (χ2v) is 3.07. The van der Waals surface area contributed by atoms with Crippen LogP contribution in [0, 0.1) is 15.9 Å². The van der Waals surface area contributed by atoms with Crippen LogP contribution in [0.15, 0.2) is 6.20 Å². The van der Waals surface area contributed by atoms with Gasteiger partial charge in [-0.1, -0.05) is 15.9 Å². The normalized spacial score (nSPS) is 10.7. The van der Waals surface area contributed by atoms with Gasteiger partial charge in [-0.25, -0.2) is 13.8 Å². The van der Waals surface area contributed by atoms with Gasteiger partial charge in [0.25, 0.3) is 6.43 Å². The lowest BCUT2D eigenvalue weighted by molar-refractivity contribution is -0.388. The number of halogens is 4. The van der Waals surface area contributed by atoms with Gasteiger partial charge in [-0.2, -0.15) is 4.39 Å². The van der Waals surface area contributed by atoms with Crippen molar-refractivity contribution in [1.82, 2.24) is 4.98 Å². The molecule has 0 aromatic carbocycles. The maximum atomic E-state index is 13.3. The van der Waals surface area contributed by atoms with Crippen molar-refractivity contribution in [2.75, 3.05) is 0 Å². The molecule has 0 atom stereocenters. The first kappa shape index (κ1) is 11.9. The average molecular weight is 285 g/mol. The van der Waals surface area contributed by atoms with Gasteiger partial charge in [0.2, 0.25) is 5.82 Å². The molecule has 0 aliphatic rings. The topological polar surface area (TPSA) is 56.0 Å². The summed E-state index contributed by atoms with van der Waals surface area (Å²) in [5.74, 6) is -1.28. The van der Waals surface area contributed by atoms with Crippen molar-refractivity contribution >= 4 is 21.6 Å². The van der Waals surface area contributed by atoms with Crippen LogP contribution in [-0.4, -0.2) is 9.91 Å². The molecule has 8 heteroatoms. The van der Waals surface area contributed by atoms with Crippen molar-refractivity contribution in [3.63, 3.8) is 0 Å². The number of nitrogens with zero attached hydrogens (tertiary/aromatic N) is 2. The van der Waals surface area contributed by atoms with Gasteiger partial charge >= 0.3 is 5.69 Å². The molecule has 0 spiro atoms. The Balaban J connectivity index is 3.39. The molecule has 0 radical (unpaired) electrons. The summed E-state index contributed by atoms with van der Waals surface area (Å²) in [5.41, 5.74) is -2.18. The summed E-state index contributed by atoms with van der Waals surface area (Å²) < 4.78 is 37.9. The quantitative estimate of drug-likeness (QED) is 0.487. The highest BCUT2D eigenvalue weighted by Crippen LogP contribution is 2.29. The molecule has 0 unspecified atom stereocenters. The van der Waals surface area contributed by atoms with E-state index in [2.05, 4.69) is 20.9 Å². The lowest BCUT2D eigenvalue weighted by Gasteiger charge is -2.05. The lowest BCUT2D eigenvalue weighted by atomic mass is 10.2. The molecule has 1 aromatic heterocycles. The van der Waals surface area contributed by atoms with Crippen LogP contribution < -0.4 is 0 Å². The van der Waals surface area contributed by atoms with Crippen molar-refractivity contribution in [2.45, 2.75) is 11.8 Å². The van der Waals surface area contributed by atoms with Crippen LogP contribution in [0.4, 0.5) is 18.9 Å². The van der Waals surface area contributed by atoms with E-state index in [0.29, 0.717) is 6.20 Å². The molecule has 15 heavy (non-hydrogen) atoms. The van der Waals surface area contributed by atoms with E-state index in [1.165, 1.54) is 0 Å². The predicted octanol–water partition coefficient (Wildman–Crippen LogP) is 2.96. The first-order chi connectivity index (χ1) is 6.99. The van der Waals surface area contributed by atoms with Gasteiger partial charge in [-0.05, 0) is 0 Å². The molecule has 0 amide bonds. The summed E-state index contributed by atoms with van der Waals surface area (Å²) in [5, 5.41) is 10.0. The minimum absolute atomic E-state index is 0.257. The van der Waals surface area contributed by atoms with Gasteiger partial charge in [0.1, 0.15) is 11.9 Å². The van der Waals surface area contributed by atoms with Gasteiger partial charge in [0, 0.05) is 10.9 Å². The van der Waals surface area contributed by atoms with Crippen LogP contribution >= 0.6 is 15.9 Å². The number of aromatic nitrogens is 1. The molecular weight excluding hydrogens is 281 g/mol. The summed E-state index contributed by atoms with van der Waals surface area (Å²) in [6, 6.07) is 0. The molecule has 0 bridgehead atoms. The Morgan fingerprint density at radius 1 is 1.60 bits per heavy atom. The zero-order valence-corrected chi connectivity index (χ0v) is 8.67. The minimum Gasteiger partial charge on any atom is -0.258 e. The first-order valence-electron chi connectivity index (χ1n) is 3.64. The fraction of sp³-hybridized carbons (Fsp3) is 0.286. The SMILES string of the molecule is O=[N+]([O-])c1cnc(C(F)F)c(CBr)c1F. The number of rotatable bonds is 3. The third kappa shape index (κ3) is 2.25. The molecule has 0 saturated carbocycles. The Labute approximate surface area is 90.4 Å². The average Bonchev–Trinajstić information content (AvgIpc) is 2.16. The third-order valence-corrected chi connectivity index (χ3v) is 2.22. The Morgan fingerprint density at radius 3 is 2.60 bits per heavy atom. The molecule has 4 nitrogen and oxygen atoms in total. The monoisotopic (exact) mass is 284 g/mol. The van der Waals surface area contributed by atoms with Gasteiger partial charge in [0.15, 0.2) is 0 Å². The largest absolute Gasteiger partial charge is 0.323 e. The van der Waals surface area contributed by atoms with E-state index >= 15 is 0 Å². The zero-order chi connectivity index (χ0) is 11.6. The van der Waals surface area contributed by atoms with E-state index in [9.17, 15) is 23.3 Å². The standard InChI is InChI=1S/C7H4BrF3N2O2/c8-1-3-5(9)4(13(14)15)2-12-6(3)7(10)11/h2,7H,1H2. The molecule has 0 aliphatic carbocycles. The third-order valence-electron chi connectivity index (χ3n) is 1.66. The van der Waals surface area contributed by atoms with E-state index in [1.54, 1.807) is 0 Å². The number of hydrogen-bond donors (Lipinski definition) is 0. The molecule has 1 aromatic rings. The summed E-state index contributed by atoms with van der Waals surface area (Å²) in [6.45, 7) is 0. The number of nitro groups is 1. The molecule has 82 valence electrons. The molecular formula is C7H4BrF3N2O2. The van der Waals surface area contributed by atoms with Gasteiger partial charge < -0.3 is 0 Å². The number of pyridine rings is 1. The van der Waals surface area contributed by atoms with Gasteiger partial charge in [0.05, 0.1) is 4.92 Å². The van der Waals surface area contributed by atoms with E-state index < -0.39 is 34.1 Å². The Bertz CT molecular complexity index is 400. The smallest absolute Gasteiger partial charge is 0.258 e. The van der Waals surface area contributed by atoms with E-state index in [0.717, 1.165) is 0 Å². The van der Waals surface area contributed by atoms with Crippen molar-refractivity contribution in [1.29, 1.82) is 0 Å². The van der Waals surface area contributed by atoms with Crippen molar-refractivity contribution in [2.24, 2.45) is 0 Å². The van der Waals surface area contributed by atoms with Crippen LogP contribution in [0.2, 0.25) is 0 Å². The predicted molar refractivity (Wildman–Crippen MR) is 48.4 cm³/mol. The highest BCUT2D eigenvalue weighted by atomic mass is 79.9. The second kappa shape index (κ2) is 4.56. The molecule has 1 heterocycles. The summed E-state index contributed by atoms with van der Waals surface area (Å²) in [6.07, 6.45) is -2.48. The van der Waals surface area contributed by atoms with Crippen molar-refractivity contribution in [3.8, 4) is 0 Å². The number of hydrogen-bond acceptors (Lipinski definition) is 3. The Morgan fingerprint density at radius 2 is 2.20 bits per heavy atom. The van der Waals surface area contributed by atoms with Crippen molar-refractivity contribution in [3.05, 3.63) is 33.4 Å². The Kier molecular flexibility index (Phi) is 3.61. The van der Waals surface area contributed by atoms with Crippen LogP contribution in [0.5, 0.6) is 0 Å². The number of alkyl halides is 3. The fourth-order valence-electron chi connectivity index (χ4n) is 0.975. The molecule has 0 saturated heterocycles. The second-order valence-electron chi connectivity index (χ2n) is 2.51. The van der Waals surface area contributed by atoms with Crippen LogP contribution in [0.1, 0.15) is 17.7 Å². The molecule has 0 aliphatic heterocycles. The molecule has 0 fully saturated rings. The zero-order valence-electron chi connectivity index (χ0n) is 7.08.